The molecule has 2 amide bonds. The van der Waals surface area contributed by atoms with Crippen molar-refractivity contribution >= 4 is 34.7 Å². The molecule has 2 aromatic rings. The van der Waals surface area contributed by atoms with Crippen LogP contribution in [0.5, 0.6) is 0 Å². The minimum absolute atomic E-state index is 0.0657. The van der Waals surface area contributed by atoms with E-state index in [1.807, 2.05) is 5.38 Å². The largest absolute Gasteiger partial charge is 0.359 e. The standard InChI is InChI=1S/C20H26N6O2S/c1-14-3-2-5-25(10-14)6-4-21-20(28)15-7-17-19(22-8-15)23-9-18(27)26(17)11-16-12-29-13-24-16/h7-8,12-14H,2-6,9-11H2,1H3,(H,21,28)(H,22,23). The molecule has 4 heterocycles. The summed E-state index contributed by atoms with van der Waals surface area (Å²) >= 11 is 1.49. The van der Waals surface area contributed by atoms with E-state index in [4.69, 9.17) is 0 Å². The maximum Gasteiger partial charge on any atom is 0.252 e. The van der Waals surface area contributed by atoms with Gasteiger partial charge in [0.1, 0.15) is 0 Å². The number of carbonyl (C=O) groups is 2. The van der Waals surface area contributed by atoms with E-state index in [1.165, 1.54) is 24.2 Å². The zero-order valence-electron chi connectivity index (χ0n) is 16.6. The highest BCUT2D eigenvalue weighted by atomic mass is 32.1. The van der Waals surface area contributed by atoms with Crippen molar-refractivity contribution in [1.29, 1.82) is 0 Å². The summed E-state index contributed by atoms with van der Waals surface area (Å²) in [7, 11) is 0. The molecule has 0 saturated carbocycles. The number of likely N-dealkylation sites (tertiary alicyclic amines) is 1. The van der Waals surface area contributed by atoms with Crippen molar-refractivity contribution in [1.82, 2.24) is 20.2 Å². The number of nitrogens with zero attached hydrogens (tertiary/aromatic N) is 4. The number of nitrogens with one attached hydrogen (secondary N) is 2. The average molecular weight is 415 g/mol. The molecule has 8 nitrogen and oxygen atoms in total. The Balaban J connectivity index is 1.41. The fourth-order valence-electron chi connectivity index (χ4n) is 3.88. The average Bonchev–Trinajstić information content (AvgIpc) is 3.23. The zero-order valence-corrected chi connectivity index (χ0v) is 17.4. The van der Waals surface area contributed by atoms with Crippen molar-refractivity contribution in [3.63, 3.8) is 0 Å². The second kappa shape index (κ2) is 8.87. The summed E-state index contributed by atoms with van der Waals surface area (Å²) in [5.41, 5.74) is 3.64. The van der Waals surface area contributed by atoms with E-state index in [0.29, 0.717) is 30.2 Å². The number of carbonyl (C=O) groups excluding carboxylic acids is 2. The molecule has 2 aliphatic heterocycles. The SMILES string of the molecule is CC1CCCN(CCNC(=O)c2cnc3c(c2)N(Cc2cscn2)C(=O)CN3)C1. The Morgan fingerprint density at radius 1 is 1.41 bits per heavy atom. The lowest BCUT2D eigenvalue weighted by atomic mass is 10.0. The van der Waals surface area contributed by atoms with Gasteiger partial charge in [-0.05, 0) is 31.4 Å². The van der Waals surface area contributed by atoms with Crippen LogP contribution >= 0.6 is 11.3 Å². The van der Waals surface area contributed by atoms with Gasteiger partial charge in [-0.3, -0.25) is 9.59 Å². The Morgan fingerprint density at radius 3 is 3.10 bits per heavy atom. The molecular weight excluding hydrogens is 388 g/mol. The van der Waals surface area contributed by atoms with E-state index in [1.54, 1.807) is 22.7 Å². The van der Waals surface area contributed by atoms with Gasteiger partial charge in [0.15, 0.2) is 5.82 Å². The van der Waals surface area contributed by atoms with Crippen molar-refractivity contribution in [2.24, 2.45) is 5.92 Å². The van der Waals surface area contributed by atoms with E-state index in [9.17, 15) is 9.59 Å². The van der Waals surface area contributed by atoms with Crippen molar-refractivity contribution in [2.45, 2.75) is 26.3 Å². The molecule has 1 fully saturated rings. The van der Waals surface area contributed by atoms with Crippen LogP contribution in [0.1, 0.15) is 35.8 Å². The molecular formula is C20H26N6O2S. The quantitative estimate of drug-likeness (QED) is 0.751. The third kappa shape index (κ3) is 4.73. The molecule has 29 heavy (non-hydrogen) atoms. The molecule has 0 radical (unpaired) electrons. The van der Waals surface area contributed by atoms with Crippen LogP contribution in [0.25, 0.3) is 0 Å². The minimum atomic E-state index is -0.169. The molecule has 1 atom stereocenters. The van der Waals surface area contributed by atoms with E-state index in [0.717, 1.165) is 31.2 Å². The van der Waals surface area contributed by atoms with Crippen molar-refractivity contribution < 1.29 is 9.59 Å². The van der Waals surface area contributed by atoms with Crippen LogP contribution in [-0.4, -0.2) is 59.4 Å². The number of pyridine rings is 1. The second-order valence-corrected chi connectivity index (χ2v) is 8.43. The van der Waals surface area contributed by atoms with Crippen LogP contribution in [-0.2, 0) is 11.3 Å². The van der Waals surface area contributed by atoms with Gasteiger partial charge in [0, 0.05) is 31.2 Å². The van der Waals surface area contributed by atoms with Gasteiger partial charge in [-0.2, -0.15) is 0 Å². The number of amides is 2. The normalized spacial score (nSPS) is 19.6. The lowest BCUT2D eigenvalue weighted by Gasteiger charge is -2.30. The molecule has 1 saturated heterocycles. The van der Waals surface area contributed by atoms with Gasteiger partial charge in [-0.1, -0.05) is 6.92 Å². The highest BCUT2D eigenvalue weighted by Gasteiger charge is 2.26. The van der Waals surface area contributed by atoms with Gasteiger partial charge < -0.3 is 20.4 Å². The molecule has 0 spiro atoms. The predicted molar refractivity (Wildman–Crippen MR) is 113 cm³/mol. The molecule has 4 rings (SSSR count). The fourth-order valence-corrected chi connectivity index (χ4v) is 4.43. The summed E-state index contributed by atoms with van der Waals surface area (Å²) in [6.45, 7) is 6.47. The molecule has 9 heteroatoms. The van der Waals surface area contributed by atoms with Gasteiger partial charge in [-0.15, -0.1) is 11.3 Å². The molecule has 2 aliphatic rings. The predicted octanol–water partition coefficient (Wildman–Crippen LogP) is 1.96. The lowest BCUT2D eigenvalue weighted by Crippen LogP contribution is -2.41. The molecule has 2 N–H and O–H groups in total. The van der Waals surface area contributed by atoms with Crippen LogP contribution in [0.2, 0.25) is 0 Å². The first-order valence-corrected chi connectivity index (χ1v) is 11.0. The first kappa shape index (κ1) is 19.8. The number of aromatic nitrogens is 2. The molecule has 0 aromatic carbocycles. The molecule has 0 aliphatic carbocycles. The summed E-state index contributed by atoms with van der Waals surface area (Å²) in [5.74, 6) is 1.10. The minimum Gasteiger partial charge on any atom is -0.359 e. The monoisotopic (exact) mass is 414 g/mol. The van der Waals surface area contributed by atoms with E-state index in [-0.39, 0.29) is 18.4 Å². The first-order chi connectivity index (χ1) is 14.1. The molecule has 1 unspecified atom stereocenters. The lowest BCUT2D eigenvalue weighted by molar-refractivity contribution is -0.117. The Bertz CT molecular complexity index is 872. The number of fused-ring (bicyclic) bond motifs is 1. The van der Waals surface area contributed by atoms with Gasteiger partial charge in [0.2, 0.25) is 5.91 Å². The van der Waals surface area contributed by atoms with Gasteiger partial charge in [0.25, 0.3) is 5.91 Å². The smallest absolute Gasteiger partial charge is 0.252 e. The number of anilines is 2. The van der Waals surface area contributed by atoms with Crippen LogP contribution < -0.4 is 15.5 Å². The maximum absolute atomic E-state index is 12.6. The number of piperidine rings is 1. The third-order valence-corrected chi connectivity index (χ3v) is 6.02. The van der Waals surface area contributed by atoms with Crippen LogP contribution in [0.3, 0.4) is 0 Å². The summed E-state index contributed by atoms with van der Waals surface area (Å²) < 4.78 is 0. The van der Waals surface area contributed by atoms with E-state index in [2.05, 4.69) is 32.4 Å². The summed E-state index contributed by atoms with van der Waals surface area (Å²) in [6, 6.07) is 1.73. The first-order valence-electron chi connectivity index (χ1n) is 10.0. The summed E-state index contributed by atoms with van der Waals surface area (Å²) in [6.07, 6.45) is 4.06. The van der Waals surface area contributed by atoms with Crippen LogP contribution in [0.4, 0.5) is 11.5 Å². The third-order valence-electron chi connectivity index (χ3n) is 5.39. The summed E-state index contributed by atoms with van der Waals surface area (Å²) in [4.78, 5) is 37.8. The zero-order chi connectivity index (χ0) is 20.2. The Labute approximate surface area is 174 Å². The summed E-state index contributed by atoms with van der Waals surface area (Å²) in [5, 5.41) is 7.92. The van der Waals surface area contributed by atoms with Gasteiger partial charge in [-0.25, -0.2) is 9.97 Å². The van der Waals surface area contributed by atoms with Gasteiger partial charge in [0.05, 0.1) is 35.5 Å². The fraction of sp³-hybridized carbons (Fsp3) is 0.500. The van der Waals surface area contributed by atoms with E-state index < -0.39 is 0 Å². The van der Waals surface area contributed by atoms with Gasteiger partial charge >= 0.3 is 0 Å². The highest BCUT2D eigenvalue weighted by molar-refractivity contribution is 7.07. The van der Waals surface area contributed by atoms with Crippen molar-refractivity contribution in [3.05, 3.63) is 34.4 Å². The number of rotatable bonds is 6. The topological polar surface area (TPSA) is 90.5 Å². The Morgan fingerprint density at radius 2 is 2.31 bits per heavy atom. The second-order valence-electron chi connectivity index (χ2n) is 7.71. The molecule has 0 bridgehead atoms. The number of hydrogen-bond acceptors (Lipinski definition) is 7. The number of hydrogen-bond donors (Lipinski definition) is 2. The van der Waals surface area contributed by atoms with E-state index >= 15 is 0 Å². The molecule has 154 valence electrons. The Kier molecular flexibility index (Phi) is 6.05. The van der Waals surface area contributed by atoms with Crippen LogP contribution in [0.15, 0.2) is 23.2 Å². The maximum atomic E-state index is 12.6. The van der Waals surface area contributed by atoms with Crippen LogP contribution in [0, 0.1) is 5.92 Å². The highest BCUT2D eigenvalue weighted by Crippen LogP contribution is 2.29. The Hall–Kier alpha value is -2.52. The van der Waals surface area contributed by atoms with Crippen molar-refractivity contribution in [3.8, 4) is 0 Å². The molecule has 2 aromatic heterocycles. The van der Waals surface area contributed by atoms with Crippen molar-refractivity contribution in [2.75, 3.05) is 42.9 Å². The number of thiazole rings is 1.